The lowest BCUT2D eigenvalue weighted by Crippen LogP contribution is -2.58. The number of hydrogen-bond donors (Lipinski definition) is 1. The van der Waals surface area contributed by atoms with Crippen molar-refractivity contribution in [1.82, 2.24) is 25.2 Å². The molecule has 0 spiro atoms. The number of amides is 4. The lowest BCUT2D eigenvalue weighted by atomic mass is 9.99. The van der Waals surface area contributed by atoms with Gasteiger partial charge in [0.1, 0.15) is 5.92 Å². The molecule has 2 rings (SSSR count). The predicted octanol–water partition coefficient (Wildman–Crippen LogP) is 0.163. The molecule has 2 heterocycles. The second-order valence-electron chi connectivity index (χ2n) is 4.65. The Morgan fingerprint density at radius 3 is 2.75 bits per heavy atom. The van der Waals surface area contributed by atoms with Crippen molar-refractivity contribution < 1.29 is 14.4 Å². The number of barbiturate groups is 1. The number of carbonyl (C=O) groups excluding carboxylic acids is 3. The van der Waals surface area contributed by atoms with Crippen molar-refractivity contribution in [2.45, 2.75) is 32.7 Å². The van der Waals surface area contributed by atoms with Crippen LogP contribution in [-0.2, 0) is 16.1 Å². The topological polar surface area (TPSA) is 97.2 Å². The number of carbonyl (C=O) groups is 3. The summed E-state index contributed by atoms with van der Waals surface area (Å²) in [5, 5.41) is 9.71. The fourth-order valence-corrected chi connectivity index (χ4v) is 2.16. The summed E-state index contributed by atoms with van der Waals surface area (Å²) in [7, 11) is 0. The van der Waals surface area contributed by atoms with E-state index in [1.54, 1.807) is 17.1 Å². The van der Waals surface area contributed by atoms with Gasteiger partial charge in [0.15, 0.2) is 0 Å². The van der Waals surface area contributed by atoms with Crippen LogP contribution in [0.25, 0.3) is 0 Å². The first-order valence-corrected chi connectivity index (χ1v) is 6.63. The Labute approximate surface area is 116 Å². The summed E-state index contributed by atoms with van der Waals surface area (Å²) in [5.41, 5.74) is 0. The van der Waals surface area contributed by atoms with E-state index in [9.17, 15) is 14.4 Å². The van der Waals surface area contributed by atoms with Crippen LogP contribution < -0.4 is 5.32 Å². The molecular formula is C12H17N5O3. The Hall–Kier alpha value is -2.25. The van der Waals surface area contributed by atoms with Crippen molar-refractivity contribution in [1.29, 1.82) is 0 Å². The van der Waals surface area contributed by atoms with Crippen molar-refractivity contribution >= 4 is 17.8 Å². The van der Waals surface area contributed by atoms with Crippen molar-refractivity contribution in [2.75, 3.05) is 6.54 Å². The predicted molar refractivity (Wildman–Crippen MR) is 68.3 cm³/mol. The molecule has 0 saturated carbocycles. The summed E-state index contributed by atoms with van der Waals surface area (Å²) in [5.74, 6) is -1.64. The Morgan fingerprint density at radius 2 is 2.10 bits per heavy atom. The molecule has 1 atom stereocenters. The van der Waals surface area contributed by atoms with Gasteiger partial charge in [0.2, 0.25) is 11.8 Å². The molecule has 1 aromatic rings. The number of hydrogen-bond acceptors (Lipinski definition) is 5. The van der Waals surface area contributed by atoms with E-state index in [1.165, 1.54) is 0 Å². The molecule has 0 radical (unpaired) electrons. The Bertz CT molecular complexity index is 499. The fraction of sp³-hybridized carbons (Fsp3) is 0.583. The average molecular weight is 279 g/mol. The van der Waals surface area contributed by atoms with Crippen LogP contribution >= 0.6 is 0 Å². The minimum Gasteiger partial charge on any atom is -0.277 e. The van der Waals surface area contributed by atoms with E-state index in [1.807, 2.05) is 6.92 Å². The second-order valence-corrected chi connectivity index (χ2v) is 4.65. The van der Waals surface area contributed by atoms with E-state index >= 15 is 0 Å². The van der Waals surface area contributed by atoms with Crippen LogP contribution in [0.2, 0.25) is 0 Å². The van der Waals surface area contributed by atoms with Gasteiger partial charge < -0.3 is 0 Å². The normalized spacial score (nSPS) is 19.4. The van der Waals surface area contributed by atoms with Gasteiger partial charge >= 0.3 is 6.03 Å². The third-order valence-electron chi connectivity index (χ3n) is 3.17. The highest BCUT2D eigenvalue weighted by Crippen LogP contribution is 2.16. The van der Waals surface area contributed by atoms with Gasteiger partial charge in [-0.1, -0.05) is 18.6 Å². The standard InChI is InChI=1S/C12H17N5O3/c1-2-4-9-10(18)14-12(20)17(11(9)19)7-3-6-16-8-5-13-15-16/h5,8-9H,2-4,6-7H2,1H3,(H,14,18,20). The molecule has 1 unspecified atom stereocenters. The van der Waals surface area contributed by atoms with E-state index < -0.39 is 23.8 Å². The molecule has 1 aliphatic rings. The monoisotopic (exact) mass is 279 g/mol. The molecule has 1 N–H and O–H groups in total. The van der Waals surface area contributed by atoms with Crippen LogP contribution in [0.15, 0.2) is 12.4 Å². The maximum absolute atomic E-state index is 12.1. The molecule has 0 aliphatic carbocycles. The van der Waals surface area contributed by atoms with Crippen molar-refractivity contribution in [3.8, 4) is 0 Å². The minimum absolute atomic E-state index is 0.262. The summed E-state index contributed by atoms with van der Waals surface area (Å²) in [6.07, 6.45) is 5.01. The summed E-state index contributed by atoms with van der Waals surface area (Å²) in [6.45, 7) is 2.72. The fourth-order valence-electron chi connectivity index (χ4n) is 2.16. The first-order chi connectivity index (χ1) is 9.63. The quantitative estimate of drug-likeness (QED) is 0.748. The van der Waals surface area contributed by atoms with Gasteiger partial charge in [0.05, 0.1) is 6.20 Å². The molecule has 8 nitrogen and oxygen atoms in total. The van der Waals surface area contributed by atoms with Crippen molar-refractivity contribution in [2.24, 2.45) is 5.92 Å². The third kappa shape index (κ3) is 3.01. The molecule has 1 aromatic heterocycles. The molecule has 1 fully saturated rings. The first-order valence-electron chi connectivity index (χ1n) is 6.63. The highest BCUT2D eigenvalue weighted by Gasteiger charge is 2.39. The summed E-state index contributed by atoms with van der Waals surface area (Å²) < 4.78 is 1.63. The van der Waals surface area contributed by atoms with Crippen LogP contribution in [0, 0.1) is 5.92 Å². The largest absolute Gasteiger partial charge is 0.330 e. The van der Waals surface area contributed by atoms with Crippen LogP contribution in [0.4, 0.5) is 4.79 Å². The van der Waals surface area contributed by atoms with Gasteiger partial charge in [-0.25, -0.2) is 4.79 Å². The van der Waals surface area contributed by atoms with Crippen molar-refractivity contribution in [3.63, 3.8) is 0 Å². The number of urea groups is 1. The number of aryl methyl sites for hydroxylation is 1. The lowest BCUT2D eigenvalue weighted by Gasteiger charge is -2.29. The molecular weight excluding hydrogens is 262 g/mol. The van der Waals surface area contributed by atoms with Crippen molar-refractivity contribution in [3.05, 3.63) is 12.4 Å². The minimum atomic E-state index is -0.746. The zero-order valence-electron chi connectivity index (χ0n) is 11.3. The van der Waals surface area contributed by atoms with Crippen LogP contribution in [-0.4, -0.2) is 44.3 Å². The Kier molecular flexibility index (Phi) is 4.44. The van der Waals surface area contributed by atoms with E-state index in [0.717, 1.165) is 4.90 Å². The molecule has 0 aromatic carbocycles. The van der Waals surface area contributed by atoms with E-state index in [-0.39, 0.29) is 6.54 Å². The van der Waals surface area contributed by atoms with Gasteiger partial charge in [-0.2, -0.15) is 0 Å². The molecule has 108 valence electrons. The zero-order chi connectivity index (χ0) is 14.5. The maximum atomic E-state index is 12.1. The van der Waals surface area contributed by atoms with Crippen LogP contribution in [0.1, 0.15) is 26.2 Å². The highest BCUT2D eigenvalue weighted by atomic mass is 16.2. The van der Waals surface area contributed by atoms with E-state index in [0.29, 0.717) is 25.8 Å². The van der Waals surface area contributed by atoms with Gasteiger partial charge in [-0.3, -0.25) is 24.5 Å². The number of aromatic nitrogens is 3. The summed E-state index contributed by atoms with van der Waals surface area (Å²) >= 11 is 0. The average Bonchev–Trinajstić information content (AvgIpc) is 2.91. The number of nitrogens with one attached hydrogen (secondary N) is 1. The molecule has 1 saturated heterocycles. The molecule has 20 heavy (non-hydrogen) atoms. The zero-order valence-corrected chi connectivity index (χ0v) is 11.3. The van der Waals surface area contributed by atoms with Gasteiger partial charge in [0.25, 0.3) is 0 Å². The molecule has 8 heteroatoms. The lowest BCUT2D eigenvalue weighted by molar-refractivity contribution is -0.142. The van der Waals surface area contributed by atoms with Gasteiger partial charge in [-0.05, 0) is 12.8 Å². The van der Waals surface area contributed by atoms with Gasteiger partial charge in [-0.15, -0.1) is 5.10 Å². The molecule has 1 aliphatic heterocycles. The summed E-state index contributed by atoms with van der Waals surface area (Å²) in [4.78, 5) is 36.6. The van der Waals surface area contributed by atoms with E-state index in [2.05, 4.69) is 15.6 Å². The number of nitrogens with zero attached hydrogens (tertiary/aromatic N) is 4. The Balaban J connectivity index is 1.93. The molecule has 4 amide bonds. The third-order valence-corrected chi connectivity index (χ3v) is 3.17. The van der Waals surface area contributed by atoms with Gasteiger partial charge in [0, 0.05) is 19.3 Å². The number of rotatable bonds is 6. The van der Waals surface area contributed by atoms with Crippen LogP contribution in [0.5, 0.6) is 0 Å². The van der Waals surface area contributed by atoms with Crippen LogP contribution in [0.3, 0.4) is 0 Å². The smallest absolute Gasteiger partial charge is 0.277 e. The summed E-state index contributed by atoms with van der Waals surface area (Å²) in [6, 6.07) is -0.633. The highest BCUT2D eigenvalue weighted by molar-refractivity contribution is 6.16. The number of imide groups is 2. The SMILES string of the molecule is CCCC1C(=O)NC(=O)N(CCCn2ccnn2)C1=O. The Morgan fingerprint density at radius 1 is 1.30 bits per heavy atom. The van der Waals surface area contributed by atoms with E-state index in [4.69, 9.17) is 0 Å². The maximum Gasteiger partial charge on any atom is 0.330 e. The second kappa shape index (κ2) is 6.27. The molecule has 0 bridgehead atoms. The first kappa shape index (κ1) is 14.2.